The van der Waals surface area contributed by atoms with Crippen LogP contribution in [0.4, 0.5) is 10.5 Å². The molecule has 2 saturated heterocycles. The van der Waals surface area contributed by atoms with Gasteiger partial charge in [0.15, 0.2) is 6.10 Å². The quantitative estimate of drug-likeness (QED) is 0.740. The predicted molar refractivity (Wildman–Crippen MR) is 111 cm³/mol. The summed E-state index contributed by atoms with van der Waals surface area (Å²) in [5, 5.41) is 5.70. The first-order valence-electron chi connectivity index (χ1n) is 10.5. The summed E-state index contributed by atoms with van der Waals surface area (Å²) in [5.74, 6) is 1.58. The average molecular weight is 424 g/mol. The lowest BCUT2D eigenvalue weighted by molar-refractivity contribution is -0.123. The first kappa shape index (κ1) is 19.8. The number of benzene rings is 2. The van der Waals surface area contributed by atoms with Gasteiger partial charge in [-0.3, -0.25) is 10.1 Å². The molecule has 8 heteroatoms. The number of hydrogen-bond donors (Lipinski definition) is 2. The number of carbonyl (C=O) groups excluding carboxylic acids is 2. The van der Waals surface area contributed by atoms with E-state index >= 15 is 0 Å². The molecule has 2 aromatic carbocycles. The fourth-order valence-electron chi connectivity index (χ4n) is 3.85. The van der Waals surface area contributed by atoms with Gasteiger partial charge < -0.3 is 24.3 Å². The lowest BCUT2D eigenvalue weighted by Gasteiger charge is -2.18. The molecule has 2 aliphatic heterocycles. The van der Waals surface area contributed by atoms with Crippen molar-refractivity contribution in [3.05, 3.63) is 54.6 Å². The summed E-state index contributed by atoms with van der Waals surface area (Å²) in [7, 11) is 0. The van der Waals surface area contributed by atoms with Gasteiger partial charge in [0.05, 0.1) is 19.3 Å². The minimum Gasteiger partial charge on any atom is -0.457 e. The monoisotopic (exact) mass is 424 g/mol. The Morgan fingerprint density at radius 3 is 2.32 bits per heavy atom. The third-order valence-corrected chi connectivity index (χ3v) is 5.62. The second-order valence-electron chi connectivity index (χ2n) is 7.99. The Bertz CT molecular complexity index is 931. The fourth-order valence-corrected chi connectivity index (χ4v) is 3.85. The maximum absolute atomic E-state index is 12.3. The standard InChI is InChI=1S/C23H24N2O6/c26-22(14-6-7-14)25-18-12-28-21-19(13-29-20(18)21)31-23(27)24-15-8-10-17(11-9-15)30-16-4-2-1-3-5-16/h1-5,8-11,14,18-21H,6-7,12-13H2,(H,24,27)(H,25,26)/t18-,19+,20+,21+/m0/s1. The lowest BCUT2D eigenvalue weighted by Crippen LogP contribution is -2.45. The van der Waals surface area contributed by atoms with Gasteiger partial charge in [0, 0.05) is 11.6 Å². The van der Waals surface area contributed by atoms with E-state index in [4.69, 9.17) is 18.9 Å². The van der Waals surface area contributed by atoms with E-state index in [1.807, 2.05) is 30.3 Å². The van der Waals surface area contributed by atoms with Crippen LogP contribution in [0, 0.1) is 5.92 Å². The maximum atomic E-state index is 12.3. The highest BCUT2D eigenvalue weighted by molar-refractivity contribution is 5.84. The van der Waals surface area contributed by atoms with E-state index in [-0.39, 0.29) is 36.7 Å². The van der Waals surface area contributed by atoms with Crippen LogP contribution in [-0.4, -0.2) is 49.6 Å². The van der Waals surface area contributed by atoms with Crippen molar-refractivity contribution >= 4 is 17.7 Å². The van der Waals surface area contributed by atoms with Crippen molar-refractivity contribution in [2.24, 2.45) is 5.92 Å². The predicted octanol–water partition coefficient (Wildman–Crippen LogP) is 3.09. The summed E-state index contributed by atoms with van der Waals surface area (Å²) >= 11 is 0. The molecule has 0 aromatic heterocycles. The molecule has 0 spiro atoms. The molecule has 0 bridgehead atoms. The first-order valence-corrected chi connectivity index (χ1v) is 10.5. The van der Waals surface area contributed by atoms with Crippen LogP contribution >= 0.6 is 0 Å². The molecule has 1 aliphatic carbocycles. The van der Waals surface area contributed by atoms with Crippen molar-refractivity contribution < 1.29 is 28.5 Å². The molecular weight excluding hydrogens is 400 g/mol. The first-order chi connectivity index (χ1) is 15.2. The third-order valence-electron chi connectivity index (χ3n) is 5.62. The fraction of sp³-hybridized carbons (Fsp3) is 0.391. The molecule has 2 aromatic rings. The van der Waals surface area contributed by atoms with Gasteiger partial charge >= 0.3 is 6.09 Å². The van der Waals surface area contributed by atoms with Gasteiger partial charge in [-0.25, -0.2) is 4.79 Å². The van der Waals surface area contributed by atoms with Crippen LogP contribution in [0.5, 0.6) is 11.5 Å². The SMILES string of the molecule is O=C(Nc1ccc(Oc2ccccc2)cc1)O[C@@H]1CO[C@H]2[C@@H]1OC[C@@H]2NC(=O)C1CC1. The number of fused-ring (bicyclic) bond motifs is 1. The van der Waals surface area contributed by atoms with E-state index in [0.29, 0.717) is 18.0 Å². The summed E-state index contributed by atoms with van der Waals surface area (Å²) in [4.78, 5) is 24.4. The molecule has 8 nitrogen and oxygen atoms in total. The highest BCUT2D eigenvalue weighted by Gasteiger charge is 2.50. The van der Waals surface area contributed by atoms with Crippen molar-refractivity contribution in [3.8, 4) is 11.5 Å². The zero-order valence-corrected chi connectivity index (χ0v) is 16.9. The summed E-state index contributed by atoms with van der Waals surface area (Å²) in [6.45, 7) is 0.598. The normalized spacial score (nSPS) is 26.7. The third kappa shape index (κ3) is 4.65. The summed E-state index contributed by atoms with van der Waals surface area (Å²) < 4.78 is 22.8. The number of para-hydroxylation sites is 1. The van der Waals surface area contributed by atoms with Crippen LogP contribution in [-0.2, 0) is 19.0 Å². The smallest absolute Gasteiger partial charge is 0.412 e. The Morgan fingerprint density at radius 2 is 1.58 bits per heavy atom. The number of rotatable bonds is 6. The molecular formula is C23H24N2O6. The van der Waals surface area contributed by atoms with Crippen molar-refractivity contribution in [1.29, 1.82) is 0 Å². The van der Waals surface area contributed by atoms with E-state index in [1.54, 1.807) is 24.3 Å². The van der Waals surface area contributed by atoms with Crippen molar-refractivity contribution in [3.63, 3.8) is 0 Å². The summed E-state index contributed by atoms with van der Waals surface area (Å²) in [6.07, 6.45) is 0.111. The van der Waals surface area contributed by atoms with Crippen LogP contribution in [0.2, 0.25) is 0 Å². The number of amides is 2. The highest BCUT2D eigenvalue weighted by atomic mass is 16.6. The van der Waals surface area contributed by atoms with Crippen LogP contribution < -0.4 is 15.4 Å². The number of nitrogens with one attached hydrogen (secondary N) is 2. The number of anilines is 1. The molecule has 3 fully saturated rings. The molecule has 162 valence electrons. The van der Waals surface area contributed by atoms with Crippen molar-refractivity contribution in [2.45, 2.75) is 37.2 Å². The number of carbonyl (C=O) groups is 2. The molecule has 2 amide bonds. The second-order valence-corrected chi connectivity index (χ2v) is 7.99. The van der Waals surface area contributed by atoms with Crippen LogP contribution in [0.3, 0.4) is 0 Å². The van der Waals surface area contributed by atoms with Crippen molar-refractivity contribution in [2.75, 3.05) is 18.5 Å². The van der Waals surface area contributed by atoms with E-state index < -0.39 is 12.2 Å². The molecule has 2 heterocycles. The largest absolute Gasteiger partial charge is 0.457 e. The Kier molecular flexibility index (Phi) is 5.48. The zero-order chi connectivity index (χ0) is 21.2. The van der Waals surface area contributed by atoms with Gasteiger partial charge in [0.1, 0.15) is 23.7 Å². The molecule has 0 radical (unpaired) electrons. The lowest BCUT2D eigenvalue weighted by atomic mass is 10.1. The van der Waals surface area contributed by atoms with Crippen LogP contribution in [0.25, 0.3) is 0 Å². The van der Waals surface area contributed by atoms with E-state index in [1.165, 1.54) is 0 Å². The maximum Gasteiger partial charge on any atom is 0.412 e. The molecule has 0 unspecified atom stereocenters. The molecule has 1 saturated carbocycles. The summed E-state index contributed by atoms with van der Waals surface area (Å²) in [5.41, 5.74) is 0.586. The van der Waals surface area contributed by atoms with Gasteiger partial charge in [-0.1, -0.05) is 18.2 Å². The summed E-state index contributed by atoms with van der Waals surface area (Å²) in [6, 6.07) is 16.3. The van der Waals surface area contributed by atoms with E-state index in [0.717, 1.165) is 18.6 Å². The average Bonchev–Trinajstić information content (AvgIpc) is 3.45. The number of ether oxygens (including phenoxy) is 4. The Hall–Kier alpha value is -3.10. The van der Waals surface area contributed by atoms with Gasteiger partial charge in [-0.05, 0) is 49.2 Å². The minimum atomic E-state index is -0.583. The topological polar surface area (TPSA) is 95.1 Å². The van der Waals surface area contributed by atoms with Crippen LogP contribution in [0.1, 0.15) is 12.8 Å². The van der Waals surface area contributed by atoms with Crippen LogP contribution in [0.15, 0.2) is 54.6 Å². The van der Waals surface area contributed by atoms with E-state index in [9.17, 15) is 9.59 Å². The second kappa shape index (κ2) is 8.56. The molecule has 2 N–H and O–H groups in total. The van der Waals surface area contributed by atoms with Gasteiger partial charge in [0.2, 0.25) is 5.91 Å². The minimum absolute atomic E-state index is 0.0552. The Labute approximate surface area is 179 Å². The Morgan fingerprint density at radius 1 is 0.871 bits per heavy atom. The molecule has 31 heavy (non-hydrogen) atoms. The molecule has 4 atom stereocenters. The molecule has 3 aliphatic rings. The Balaban J connectivity index is 1.11. The van der Waals surface area contributed by atoms with E-state index in [2.05, 4.69) is 10.6 Å². The van der Waals surface area contributed by atoms with Gasteiger partial charge in [-0.2, -0.15) is 0 Å². The van der Waals surface area contributed by atoms with Gasteiger partial charge in [-0.15, -0.1) is 0 Å². The highest BCUT2D eigenvalue weighted by Crippen LogP contribution is 2.32. The number of hydrogen-bond acceptors (Lipinski definition) is 6. The van der Waals surface area contributed by atoms with Gasteiger partial charge in [0.25, 0.3) is 0 Å². The zero-order valence-electron chi connectivity index (χ0n) is 16.9. The molecule has 5 rings (SSSR count). The van der Waals surface area contributed by atoms with Crippen molar-refractivity contribution in [1.82, 2.24) is 5.32 Å².